The molecule has 1 saturated heterocycles. The number of likely N-dealkylation sites (tertiary alicyclic amines) is 1. The van der Waals surface area contributed by atoms with Crippen LogP contribution in [-0.4, -0.2) is 33.0 Å². The molecule has 0 radical (unpaired) electrons. The van der Waals surface area contributed by atoms with Gasteiger partial charge in [-0.05, 0) is 67.6 Å². The van der Waals surface area contributed by atoms with E-state index in [1.807, 2.05) is 0 Å². The van der Waals surface area contributed by atoms with Gasteiger partial charge in [0.2, 0.25) is 10.0 Å². The second kappa shape index (κ2) is 8.10. The van der Waals surface area contributed by atoms with Crippen molar-refractivity contribution in [2.24, 2.45) is 5.92 Å². The third kappa shape index (κ3) is 4.89. The predicted molar refractivity (Wildman–Crippen MR) is 102 cm³/mol. The van der Waals surface area contributed by atoms with Crippen LogP contribution in [0.2, 0.25) is 0 Å². The summed E-state index contributed by atoms with van der Waals surface area (Å²) in [5, 5.41) is 2.11. The lowest BCUT2D eigenvalue weighted by atomic mass is 9.97. The van der Waals surface area contributed by atoms with Gasteiger partial charge in [0.15, 0.2) is 0 Å². The van der Waals surface area contributed by atoms with Crippen molar-refractivity contribution in [3.05, 3.63) is 51.1 Å². The summed E-state index contributed by atoms with van der Waals surface area (Å²) in [4.78, 5) is 4.16. The van der Waals surface area contributed by atoms with Crippen molar-refractivity contribution in [3.63, 3.8) is 0 Å². The molecule has 130 valence electrons. The first-order valence-corrected chi connectivity index (χ1v) is 11.2. The van der Waals surface area contributed by atoms with Gasteiger partial charge in [0.05, 0.1) is 4.90 Å². The molecule has 1 aliphatic rings. The van der Waals surface area contributed by atoms with Crippen molar-refractivity contribution in [2.45, 2.75) is 24.3 Å². The van der Waals surface area contributed by atoms with Crippen molar-refractivity contribution in [3.8, 4) is 0 Å². The highest BCUT2D eigenvalue weighted by atomic mass is 79.9. The smallest absolute Gasteiger partial charge is 0.240 e. The number of thiophene rings is 1. The Morgan fingerprint density at radius 3 is 2.50 bits per heavy atom. The molecular formula is C17H21BrN2O2S2. The first kappa shape index (κ1) is 18.1. The monoisotopic (exact) mass is 428 g/mol. The normalized spacial score (nSPS) is 17.2. The van der Waals surface area contributed by atoms with E-state index in [9.17, 15) is 8.42 Å². The molecule has 0 amide bonds. The number of nitrogens with zero attached hydrogens (tertiary/aromatic N) is 1. The first-order chi connectivity index (χ1) is 11.5. The molecule has 4 nitrogen and oxygen atoms in total. The average molecular weight is 429 g/mol. The van der Waals surface area contributed by atoms with Crippen LogP contribution in [-0.2, 0) is 16.6 Å². The van der Waals surface area contributed by atoms with E-state index in [0.717, 1.165) is 36.9 Å². The van der Waals surface area contributed by atoms with Crippen LogP contribution >= 0.6 is 27.3 Å². The molecule has 2 heterocycles. The van der Waals surface area contributed by atoms with E-state index in [2.05, 4.69) is 43.1 Å². The summed E-state index contributed by atoms with van der Waals surface area (Å²) in [5.74, 6) is 0.412. The zero-order chi connectivity index (χ0) is 17.0. The lowest BCUT2D eigenvalue weighted by Crippen LogP contribution is -2.38. The van der Waals surface area contributed by atoms with Crippen LogP contribution in [0.4, 0.5) is 0 Å². The zero-order valence-electron chi connectivity index (χ0n) is 13.3. The minimum Gasteiger partial charge on any atom is -0.298 e. The van der Waals surface area contributed by atoms with Crippen LogP contribution in [0.5, 0.6) is 0 Å². The summed E-state index contributed by atoms with van der Waals surface area (Å²) >= 11 is 5.11. The minimum absolute atomic E-state index is 0.320. The molecule has 1 fully saturated rings. The van der Waals surface area contributed by atoms with Crippen molar-refractivity contribution < 1.29 is 8.42 Å². The molecule has 0 saturated carbocycles. The van der Waals surface area contributed by atoms with Crippen LogP contribution in [0.15, 0.2) is 51.1 Å². The lowest BCUT2D eigenvalue weighted by Gasteiger charge is -2.31. The van der Waals surface area contributed by atoms with Gasteiger partial charge in [-0.3, -0.25) is 4.90 Å². The fourth-order valence-corrected chi connectivity index (χ4v) is 5.02. The van der Waals surface area contributed by atoms with E-state index in [-0.39, 0.29) is 0 Å². The SMILES string of the molecule is O=S(=O)(NCC1CCN(Cc2cccs2)CC1)c1ccc(Br)cc1. The van der Waals surface area contributed by atoms with Gasteiger partial charge in [-0.1, -0.05) is 22.0 Å². The number of hydrogen-bond acceptors (Lipinski definition) is 4. The first-order valence-electron chi connectivity index (χ1n) is 8.03. The maximum atomic E-state index is 12.3. The summed E-state index contributed by atoms with van der Waals surface area (Å²) in [6.45, 7) is 3.59. The van der Waals surface area contributed by atoms with Crippen molar-refractivity contribution in [1.29, 1.82) is 0 Å². The van der Waals surface area contributed by atoms with Gasteiger partial charge in [0, 0.05) is 22.4 Å². The fourth-order valence-electron chi connectivity index (χ4n) is 2.90. The second-order valence-corrected chi connectivity index (χ2v) is 9.82. The summed E-state index contributed by atoms with van der Waals surface area (Å²) in [6, 6.07) is 11.0. The molecule has 7 heteroatoms. The largest absolute Gasteiger partial charge is 0.298 e. The number of hydrogen-bond donors (Lipinski definition) is 1. The van der Waals surface area contributed by atoms with Crippen molar-refractivity contribution in [2.75, 3.05) is 19.6 Å². The predicted octanol–water partition coefficient (Wildman–Crippen LogP) is 3.70. The van der Waals surface area contributed by atoms with Gasteiger partial charge < -0.3 is 0 Å². The van der Waals surface area contributed by atoms with E-state index in [1.54, 1.807) is 35.6 Å². The Bertz CT molecular complexity index is 737. The Morgan fingerprint density at radius 2 is 1.88 bits per heavy atom. The molecule has 1 aliphatic heterocycles. The number of piperidine rings is 1. The lowest BCUT2D eigenvalue weighted by molar-refractivity contribution is 0.180. The highest BCUT2D eigenvalue weighted by Gasteiger charge is 2.22. The molecule has 0 unspecified atom stereocenters. The minimum atomic E-state index is -3.41. The molecule has 3 rings (SSSR count). The molecule has 1 aromatic heterocycles. The molecule has 0 spiro atoms. The molecule has 0 aliphatic carbocycles. The molecule has 0 bridgehead atoms. The standard InChI is InChI=1S/C17H21BrN2O2S2/c18-15-3-5-17(6-4-15)24(21,22)19-12-14-7-9-20(10-8-14)13-16-2-1-11-23-16/h1-6,11,14,19H,7-10,12-13H2. The molecule has 1 aromatic carbocycles. The number of sulfonamides is 1. The zero-order valence-corrected chi connectivity index (χ0v) is 16.5. The Kier molecular flexibility index (Phi) is 6.10. The molecule has 2 aromatic rings. The van der Waals surface area contributed by atoms with Gasteiger partial charge in [-0.2, -0.15) is 0 Å². The molecule has 24 heavy (non-hydrogen) atoms. The van der Waals surface area contributed by atoms with Crippen LogP contribution in [0.1, 0.15) is 17.7 Å². The molecule has 1 N–H and O–H groups in total. The highest BCUT2D eigenvalue weighted by molar-refractivity contribution is 9.10. The van der Waals surface area contributed by atoms with Gasteiger partial charge in [0.25, 0.3) is 0 Å². The summed E-state index contributed by atoms with van der Waals surface area (Å²) < 4.78 is 28.3. The topological polar surface area (TPSA) is 49.4 Å². The Morgan fingerprint density at radius 1 is 1.17 bits per heavy atom. The quantitative estimate of drug-likeness (QED) is 0.762. The van der Waals surface area contributed by atoms with Gasteiger partial charge in [-0.15, -0.1) is 11.3 Å². The number of benzene rings is 1. The van der Waals surface area contributed by atoms with Crippen molar-refractivity contribution in [1.82, 2.24) is 9.62 Å². The Labute approximate surface area is 156 Å². The van der Waals surface area contributed by atoms with Crippen molar-refractivity contribution >= 4 is 37.3 Å². The average Bonchev–Trinajstić information content (AvgIpc) is 3.08. The number of halogens is 1. The number of rotatable bonds is 6. The van der Waals surface area contributed by atoms with Crippen LogP contribution in [0, 0.1) is 5.92 Å². The van der Waals surface area contributed by atoms with Crippen LogP contribution in [0.25, 0.3) is 0 Å². The summed E-state index contributed by atoms with van der Waals surface area (Å²) in [6.07, 6.45) is 2.07. The van der Waals surface area contributed by atoms with E-state index in [0.29, 0.717) is 17.4 Å². The summed E-state index contributed by atoms with van der Waals surface area (Å²) in [7, 11) is -3.41. The van der Waals surface area contributed by atoms with E-state index in [4.69, 9.17) is 0 Å². The maximum Gasteiger partial charge on any atom is 0.240 e. The van der Waals surface area contributed by atoms with Gasteiger partial charge in [0.1, 0.15) is 0 Å². The highest BCUT2D eigenvalue weighted by Crippen LogP contribution is 2.21. The van der Waals surface area contributed by atoms with Gasteiger partial charge >= 0.3 is 0 Å². The van der Waals surface area contributed by atoms with Gasteiger partial charge in [-0.25, -0.2) is 13.1 Å². The fraction of sp³-hybridized carbons (Fsp3) is 0.412. The second-order valence-electron chi connectivity index (χ2n) is 6.10. The third-order valence-electron chi connectivity index (χ3n) is 4.35. The van der Waals surface area contributed by atoms with E-state index < -0.39 is 10.0 Å². The van der Waals surface area contributed by atoms with E-state index in [1.165, 1.54) is 4.88 Å². The summed E-state index contributed by atoms with van der Waals surface area (Å²) in [5.41, 5.74) is 0. The molecular weight excluding hydrogens is 408 g/mol. The third-order valence-corrected chi connectivity index (χ3v) is 7.18. The van der Waals surface area contributed by atoms with Crippen LogP contribution in [0.3, 0.4) is 0 Å². The Hall–Kier alpha value is -0.730. The van der Waals surface area contributed by atoms with Crippen LogP contribution < -0.4 is 4.72 Å². The van der Waals surface area contributed by atoms with E-state index >= 15 is 0 Å². The molecule has 0 atom stereocenters. The Balaban J connectivity index is 1.47. The number of nitrogens with one attached hydrogen (secondary N) is 1. The maximum absolute atomic E-state index is 12.3.